The predicted molar refractivity (Wildman–Crippen MR) is 156 cm³/mol. The highest BCUT2D eigenvalue weighted by Gasteiger charge is 2.29. The van der Waals surface area contributed by atoms with Crippen LogP contribution in [0, 0.1) is 13.8 Å². The number of hydrogen-bond acceptors (Lipinski definition) is 4. The summed E-state index contributed by atoms with van der Waals surface area (Å²) in [5, 5.41) is 3.75. The lowest BCUT2D eigenvalue weighted by Crippen LogP contribution is -2.50. The van der Waals surface area contributed by atoms with Crippen LogP contribution in [-0.4, -0.2) is 50.0 Å². The van der Waals surface area contributed by atoms with Crippen molar-refractivity contribution >= 4 is 50.7 Å². The van der Waals surface area contributed by atoms with E-state index in [0.29, 0.717) is 28.6 Å². The minimum Gasteiger partial charge on any atom is -0.352 e. The molecule has 38 heavy (non-hydrogen) atoms. The summed E-state index contributed by atoms with van der Waals surface area (Å²) < 4.78 is 26.5. The number of sulfonamides is 1. The fourth-order valence-electron chi connectivity index (χ4n) is 4.29. The molecular formula is C28H39Cl2N3O4S. The van der Waals surface area contributed by atoms with Gasteiger partial charge in [0.15, 0.2) is 0 Å². The number of anilines is 1. The van der Waals surface area contributed by atoms with Crippen LogP contribution in [0.1, 0.15) is 63.1 Å². The summed E-state index contributed by atoms with van der Waals surface area (Å²) in [5.74, 6) is -0.459. The first-order chi connectivity index (χ1) is 17.8. The smallest absolute Gasteiger partial charge is 0.243 e. The molecule has 0 fully saturated rings. The Hall–Kier alpha value is -2.29. The van der Waals surface area contributed by atoms with Gasteiger partial charge in [-0.3, -0.25) is 13.9 Å². The standard InChI is InChI=1S/C28H39Cl2N3O4S/c1-7-21(5)31-28(35)26(8-2)32(18-22-11-12-24(29)25(30)17-22)27(34)10-9-13-33(38(6,36)37)23-15-19(3)14-20(4)16-23/h11-12,14-17,21,26H,7-10,13,18H2,1-6H3,(H,31,35)/t21-,26-/m0/s1. The molecule has 2 atom stereocenters. The number of halogens is 2. The molecule has 0 aliphatic carbocycles. The van der Waals surface area contributed by atoms with Gasteiger partial charge in [-0.05, 0) is 81.0 Å². The SMILES string of the molecule is CC[C@H](C)NC(=O)[C@H](CC)N(Cc1ccc(Cl)c(Cl)c1)C(=O)CCCN(c1cc(C)cc(C)c1)S(C)(=O)=O. The Morgan fingerprint density at radius 2 is 1.61 bits per heavy atom. The van der Waals surface area contributed by atoms with Gasteiger partial charge in [0.05, 0.1) is 22.0 Å². The average molecular weight is 585 g/mol. The van der Waals surface area contributed by atoms with Gasteiger partial charge in [0.1, 0.15) is 6.04 Å². The highest BCUT2D eigenvalue weighted by molar-refractivity contribution is 7.92. The van der Waals surface area contributed by atoms with E-state index in [4.69, 9.17) is 23.2 Å². The van der Waals surface area contributed by atoms with Crippen molar-refractivity contribution in [3.05, 3.63) is 63.1 Å². The van der Waals surface area contributed by atoms with E-state index in [0.717, 1.165) is 29.4 Å². The quantitative estimate of drug-likeness (QED) is 0.319. The zero-order valence-corrected chi connectivity index (χ0v) is 25.4. The van der Waals surface area contributed by atoms with E-state index < -0.39 is 16.1 Å². The van der Waals surface area contributed by atoms with Crippen molar-refractivity contribution in [2.75, 3.05) is 17.1 Å². The van der Waals surface area contributed by atoms with E-state index in [9.17, 15) is 18.0 Å². The minimum absolute atomic E-state index is 0.0282. The van der Waals surface area contributed by atoms with Crippen LogP contribution in [0.25, 0.3) is 0 Å². The third-order valence-corrected chi connectivity index (χ3v) is 8.30. The topological polar surface area (TPSA) is 86.8 Å². The molecule has 0 bridgehead atoms. The Morgan fingerprint density at radius 1 is 0.974 bits per heavy atom. The number of aryl methyl sites for hydroxylation is 2. The molecule has 7 nitrogen and oxygen atoms in total. The van der Waals surface area contributed by atoms with Crippen LogP contribution in [0.15, 0.2) is 36.4 Å². The molecule has 0 aromatic heterocycles. The average Bonchev–Trinajstić information content (AvgIpc) is 2.82. The summed E-state index contributed by atoms with van der Waals surface area (Å²) in [4.78, 5) is 28.2. The molecule has 0 saturated heterocycles. The lowest BCUT2D eigenvalue weighted by Gasteiger charge is -2.32. The molecule has 0 saturated carbocycles. The molecular weight excluding hydrogens is 545 g/mol. The molecule has 2 amide bonds. The first kappa shape index (κ1) is 31.9. The van der Waals surface area contributed by atoms with Gasteiger partial charge in [0.25, 0.3) is 0 Å². The summed E-state index contributed by atoms with van der Waals surface area (Å²) >= 11 is 12.3. The highest BCUT2D eigenvalue weighted by Crippen LogP contribution is 2.25. The van der Waals surface area contributed by atoms with Gasteiger partial charge < -0.3 is 10.2 Å². The monoisotopic (exact) mass is 583 g/mol. The van der Waals surface area contributed by atoms with Gasteiger partial charge in [-0.15, -0.1) is 0 Å². The fraction of sp³-hybridized carbons (Fsp3) is 0.500. The van der Waals surface area contributed by atoms with Gasteiger partial charge in [-0.1, -0.05) is 49.2 Å². The molecule has 0 spiro atoms. The summed E-state index contributed by atoms with van der Waals surface area (Å²) in [7, 11) is -3.56. The fourth-order valence-corrected chi connectivity index (χ4v) is 5.56. The Kier molecular flexibility index (Phi) is 11.9. The number of nitrogens with zero attached hydrogens (tertiary/aromatic N) is 2. The van der Waals surface area contributed by atoms with Crippen molar-refractivity contribution in [2.45, 2.75) is 78.9 Å². The zero-order chi connectivity index (χ0) is 28.6. The van der Waals surface area contributed by atoms with E-state index >= 15 is 0 Å². The van der Waals surface area contributed by atoms with Crippen molar-refractivity contribution in [3.63, 3.8) is 0 Å². The summed E-state index contributed by atoms with van der Waals surface area (Å²) in [6, 6.07) is 10.0. The maximum atomic E-state index is 13.6. The van der Waals surface area contributed by atoms with E-state index in [1.165, 1.54) is 4.31 Å². The normalized spacial score (nSPS) is 13.1. The van der Waals surface area contributed by atoms with Crippen LogP contribution in [0.5, 0.6) is 0 Å². The molecule has 10 heteroatoms. The van der Waals surface area contributed by atoms with Crippen molar-refractivity contribution < 1.29 is 18.0 Å². The third kappa shape index (κ3) is 9.17. The number of amides is 2. The number of rotatable bonds is 13. The highest BCUT2D eigenvalue weighted by atomic mass is 35.5. The molecule has 1 N–H and O–H groups in total. The van der Waals surface area contributed by atoms with Gasteiger partial charge >= 0.3 is 0 Å². The third-order valence-electron chi connectivity index (χ3n) is 6.37. The number of benzene rings is 2. The second-order valence-electron chi connectivity index (χ2n) is 9.80. The Labute approximate surface area is 237 Å². The molecule has 0 aliphatic rings. The second-order valence-corrected chi connectivity index (χ2v) is 12.5. The number of nitrogens with one attached hydrogen (secondary N) is 1. The van der Waals surface area contributed by atoms with Crippen LogP contribution >= 0.6 is 23.2 Å². The van der Waals surface area contributed by atoms with Crippen molar-refractivity contribution in [1.29, 1.82) is 0 Å². The van der Waals surface area contributed by atoms with Crippen molar-refractivity contribution in [2.24, 2.45) is 0 Å². The molecule has 2 aromatic carbocycles. The predicted octanol–water partition coefficient (Wildman–Crippen LogP) is 5.88. The second kappa shape index (κ2) is 14.2. The molecule has 0 unspecified atom stereocenters. The van der Waals surface area contributed by atoms with Crippen LogP contribution in [0.3, 0.4) is 0 Å². The lowest BCUT2D eigenvalue weighted by molar-refractivity contribution is -0.141. The van der Waals surface area contributed by atoms with Crippen LogP contribution in [0.2, 0.25) is 10.0 Å². The number of carbonyl (C=O) groups excluding carboxylic acids is 2. The molecule has 0 radical (unpaired) electrons. The molecule has 2 aromatic rings. The maximum absolute atomic E-state index is 13.6. The van der Waals surface area contributed by atoms with Gasteiger partial charge in [0.2, 0.25) is 21.8 Å². The minimum atomic E-state index is -3.56. The Morgan fingerprint density at radius 3 is 2.13 bits per heavy atom. The number of carbonyl (C=O) groups is 2. The van der Waals surface area contributed by atoms with E-state index in [2.05, 4.69) is 5.32 Å². The first-order valence-corrected chi connectivity index (χ1v) is 15.5. The first-order valence-electron chi connectivity index (χ1n) is 12.9. The zero-order valence-electron chi connectivity index (χ0n) is 23.1. The van der Waals surface area contributed by atoms with E-state index in [1.807, 2.05) is 52.8 Å². The van der Waals surface area contributed by atoms with Gasteiger partial charge in [-0.25, -0.2) is 8.42 Å². The van der Waals surface area contributed by atoms with Gasteiger partial charge in [0, 0.05) is 25.6 Å². The van der Waals surface area contributed by atoms with E-state index in [-0.39, 0.29) is 37.4 Å². The van der Waals surface area contributed by atoms with Crippen molar-refractivity contribution in [3.8, 4) is 0 Å². The molecule has 210 valence electrons. The Balaban J connectivity index is 2.28. The van der Waals surface area contributed by atoms with Crippen molar-refractivity contribution in [1.82, 2.24) is 10.2 Å². The summed E-state index contributed by atoms with van der Waals surface area (Å²) in [6.45, 7) is 9.91. The largest absolute Gasteiger partial charge is 0.352 e. The molecule has 2 rings (SSSR count). The van der Waals surface area contributed by atoms with Crippen LogP contribution in [-0.2, 0) is 26.2 Å². The van der Waals surface area contributed by atoms with Crippen LogP contribution in [0.4, 0.5) is 5.69 Å². The molecule has 0 aliphatic heterocycles. The lowest BCUT2D eigenvalue weighted by atomic mass is 10.1. The van der Waals surface area contributed by atoms with Gasteiger partial charge in [-0.2, -0.15) is 0 Å². The Bertz CT molecular complexity index is 1220. The summed E-state index contributed by atoms with van der Waals surface area (Å²) in [6.07, 6.45) is 2.72. The number of hydrogen-bond donors (Lipinski definition) is 1. The van der Waals surface area contributed by atoms with E-state index in [1.54, 1.807) is 23.1 Å². The summed E-state index contributed by atoms with van der Waals surface area (Å²) in [5.41, 5.74) is 3.23. The maximum Gasteiger partial charge on any atom is 0.243 e. The van der Waals surface area contributed by atoms with Crippen LogP contribution < -0.4 is 9.62 Å². The molecule has 0 heterocycles.